The number of piperazine rings is 1. The monoisotopic (exact) mass is 820 g/mol. The van der Waals surface area contributed by atoms with Crippen molar-refractivity contribution in [1.29, 1.82) is 0 Å². The summed E-state index contributed by atoms with van der Waals surface area (Å²) in [4.78, 5) is 22.1. The maximum atomic E-state index is 13.3. The summed E-state index contributed by atoms with van der Waals surface area (Å²) < 4.78 is 5.57. The number of nitrogens with one attached hydrogen (secondary N) is 2. The van der Waals surface area contributed by atoms with Crippen LogP contribution in [0.25, 0.3) is 5.57 Å². The van der Waals surface area contributed by atoms with E-state index in [0.717, 1.165) is 119 Å². The maximum absolute atomic E-state index is 13.3. The molecule has 4 aromatic rings. The number of amides is 1. The lowest BCUT2D eigenvalue weighted by Crippen LogP contribution is -2.47. The van der Waals surface area contributed by atoms with Crippen LogP contribution in [0.3, 0.4) is 0 Å². The van der Waals surface area contributed by atoms with Crippen LogP contribution >= 0.6 is 23.4 Å². The average Bonchev–Trinajstić information content (AvgIpc) is 3.26. The number of carbonyl (C=O) groups is 1. The van der Waals surface area contributed by atoms with E-state index in [1.807, 2.05) is 36.0 Å². The molecule has 0 radical (unpaired) electrons. The second-order valence-electron chi connectivity index (χ2n) is 16.6. The van der Waals surface area contributed by atoms with Gasteiger partial charge in [0.2, 0.25) is 0 Å². The Hall–Kier alpha value is -3.83. The summed E-state index contributed by atoms with van der Waals surface area (Å²) in [6.07, 6.45) is 4.27. The molecule has 2 atom stereocenters. The lowest BCUT2D eigenvalue weighted by molar-refractivity contribution is 0.0370. The van der Waals surface area contributed by atoms with Crippen molar-refractivity contribution in [2.45, 2.75) is 57.0 Å². The van der Waals surface area contributed by atoms with Gasteiger partial charge in [0, 0.05) is 97.6 Å². The summed E-state index contributed by atoms with van der Waals surface area (Å²) in [5.41, 5.74) is 16.0. The Morgan fingerprint density at radius 2 is 1.66 bits per heavy atom. The van der Waals surface area contributed by atoms with Gasteiger partial charge in [-0.05, 0) is 121 Å². The van der Waals surface area contributed by atoms with Gasteiger partial charge in [0.25, 0.3) is 5.91 Å². The molecule has 10 heteroatoms. The number of hydrogen-bond donors (Lipinski definition) is 3. The van der Waals surface area contributed by atoms with Crippen LogP contribution in [0.5, 0.6) is 0 Å². The van der Waals surface area contributed by atoms with Crippen LogP contribution in [0.15, 0.2) is 108 Å². The van der Waals surface area contributed by atoms with Crippen LogP contribution in [0, 0.1) is 12.3 Å². The van der Waals surface area contributed by atoms with E-state index >= 15 is 0 Å². The number of hydrogen-bond acceptors (Lipinski definition) is 8. The Kier molecular flexibility index (Phi) is 14.9. The van der Waals surface area contributed by atoms with Gasteiger partial charge >= 0.3 is 0 Å². The van der Waals surface area contributed by atoms with E-state index in [9.17, 15) is 4.79 Å². The average molecular weight is 822 g/mol. The van der Waals surface area contributed by atoms with E-state index in [1.165, 1.54) is 27.2 Å². The quantitative estimate of drug-likeness (QED) is 0.0971. The smallest absolute Gasteiger partial charge is 0.251 e. The molecule has 1 aliphatic carbocycles. The second-order valence-corrected chi connectivity index (χ2v) is 18.2. The molecule has 0 aromatic heterocycles. The molecule has 4 N–H and O–H groups in total. The molecule has 4 aromatic carbocycles. The van der Waals surface area contributed by atoms with E-state index in [1.54, 1.807) is 0 Å². The summed E-state index contributed by atoms with van der Waals surface area (Å²) >= 11 is 8.13. The summed E-state index contributed by atoms with van der Waals surface area (Å²) in [7, 11) is 0. The topological polar surface area (TPSA) is 86.1 Å². The van der Waals surface area contributed by atoms with Crippen molar-refractivity contribution in [1.82, 2.24) is 15.1 Å². The highest BCUT2D eigenvalue weighted by Gasteiger charge is 2.32. The fourth-order valence-electron chi connectivity index (χ4n) is 8.47. The normalized spacial score (nSPS) is 19.9. The van der Waals surface area contributed by atoms with Crippen LogP contribution in [0.2, 0.25) is 5.02 Å². The Morgan fingerprint density at radius 1 is 0.914 bits per heavy atom. The molecule has 0 spiro atoms. The molecule has 8 nitrogen and oxygen atoms in total. The lowest BCUT2D eigenvalue weighted by atomic mass is 9.71. The standard InChI is InChI=1S/C48H61ClN6O2S/c1-36-30-37(8-17-46(36)52-42(19-21-53-26-28-57-29-27-53)34-58-44-6-4-3-5-7-44)32-51-47(56)39-11-15-43(16-12-39)55-24-22-54(23-25-55)33-40-31-48(2,35-50)20-18-45(40)38-9-13-41(49)14-10-38/h3-17,30,42,52H,18-29,31-35,50H2,1-2H3,(H,51,56)/t42-,48?/m1/s1. The van der Waals surface area contributed by atoms with E-state index in [2.05, 4.69) is 112 Å². The molecule has 0 bridgehead atoms. The first-order valence-electron chi connectivity index (χ1n) is 21.1. The van der Waals surface area contributed by atoms with Gasteiger partial charge in [0.05, 0.1) is 13.2 Å². The fourth-order valence-corrected chi connectivity index (χ4v) is 9.59. The minimum Gasteiger partial charge on any atom is -0.381 e. The largest absolute Gasteiger partial charge is 0.381 e. The number of anilines is 2. The van der Waals surface area contributed by atoms with Crippen molar-refractivity contribution in [3.63, 3.8) is 0 Å². The first-order valence-corrected chi connectivity index (χ1v) is 22.5. The third-order valence-electron chi connectivity index (χ3n) is 12.2. The van der Waals surface area contributed by atoms with Gasteiger partial charge in [-0.1, -0.05) is 66.6 Å². The SMILES string of the molecule is Cc1cc(CNC(=O)c2ccc(N3CCN(CC4=C(c5ccc(Cl)cc5)CCC(C)(CN)C4)CC3)cc2)ccc1N[C@H](CCN1CCOCC1)CSc1ccccc1. The van der Waals surface area contributed by atoms with Crippen molar-refractivity contribution in [3.8, 4) is 0 Å². The molecule has 2 aliphatic heterocycles. The zero-order valence-corrected chi connectivity index (χ0v) is 35.9. The van der Waals surface area contributed by atoms with Crippen LogP contribution in [0.4, 0.5) is 11.4 Å². The van der Waals surface area contributed by atoms with E-state index in [0.29, 0.717) is 24.7 Å². The van der Waals surface area contributed by atoms with Crippen molar-refractivity contribution in [2.75, 3.05) is 88.1 Å². The molecular weight excluding hydrogens is 760 g/mol. The molecule has 3 aliphatic rings. The van der Waals surface area contributed by atoms with Gasteiger partial charge < -0.3 is 26.0 Å². The number of thioether (sulfide) groups is 1. The number of carbonyl (C=O) groups excluding carboxylic acids is 1. The Labute approximate surface area is 355 Å². The summed E-state index contributed by atoms with van der Waals surface area (Å²) in [6, 6.07) is 33.9. The number of ether oxygens (including phenoxy) is 1. The first-order chi connectivity index (χ1) is 28.2. The van der Waals surface area contributed by atoms with E-state index < -0.39 is 0 Å². The third kappa shape index (κ3) is 11.7. The molecular formula is C48H61ClN6O2S. The first kappa shape index (κ1) is 42.3. The predicted octanol–water partition coefficient (Wildman–Crippen LogP) is 8.60. The van der Waals surface area contributed by atoms with Gasteiger partial charge in [-0.25, -0.2) is 0 Å². The lowest BCUT2D eigenvalue weighted by Gasteiger charge is -2.40. The van der Waals surface area contributed by atoms with Crippen LogP contribution < -0.4 is 21.3 Å². The summed E-state index contributed by atoms with van der Waals surface area (Å²) in [5, 5.41) is 7.79. The van der Waals surface area contributed by atoms with E-state index in [-0.39, 0.29) is 11.3 Å². The van der Waals surface area contributed by atoms with Crippen LogP contribution in [0.1, 0.15) is 59.7 Å². The molecule has 0 saturated carbocycles. The number of benzene rings is 4. The van der Waals surface area contributed by atoms with Crippen LogP contribution in [-0.4, -0.2) is 99.6 Å². The highest BCUT2D eigenvalue weighted by Crippen LogP contribution is 2.42. The second kappa shape index (κ2) is 20.4. The number of aryl methyl sites for hydroxylation is 1. The molecule has 2 heterocycles. The molecule has 58 heavy (non-hydrogen) atoms. The number of morpholine rings is 1. The number of nitrogens with zero attached hydrogens (tertiary/aromatic N) is 3. The van der Waals surface area contributed by atoms with Gasteiger partial charge in [-0.3, -0.25) is 14.6 Å². The Bertz CT molecular complexity index is 1960. The van der Waals surface area contributed by atoms with Gasteiger partial charge in [-0.15, -0.1) is 11.8 Å². The van der Waals surface area contributed by atoms with Gasteiger partial charge in [0.1, 0.15) is 0 Å². The minimum absolute atomic E-state index is 0.0564. The summed E-state index contributed by atoms with van der Waals surface area (Å²) in [5.74, 6) is 0.931. The van der Waals surface area contributed by atoms with Crippen molar-refractivity contribution < 1.29 is 9.53 Å². The number of allylic oxidation sites excluding steroid dienone is 1. The molecule has 2 saturated heterocycles. The van der Waals surface area contributed by atoms with Crippen molar-refractivity contribution >= 4 is 46.2 Å². The zero-order valence-electron chi connectivity index (χ0n) is 34.4. The predicted molar refractivity (Wildman–Crippen MR) is 243 cm³/mol. The number of rotatable bonds is 16. The van der Waals surface area contributed by atoms with Gasteiger partial charge in [0.15, 0.2) is 0 Å². The fraction of sp³-hybridized carbons (Fsp3) is 0.438. The maximum Gasteiger partial charge on any atom is 0.251 e. The third-order valence-corrected chi connectivity index (χ3v) is 13.6. The molecule has 2 fully saturated rings. The molecule has 7 rings (SSSR count). The molecule has 308 valence electrons. The van der Waals surface area contributed by atoms with Gasteiger partial charge in [-0.2, -0.15) is 0 Å². The highest BCUT2D eigenvalue weighted by molar-refractivity contribution is 7.99. The number of halogens is 1. The van der Waals surface area contributed by atoms with E-state index in [4.69, 9.17) is 22.1 Å². The van der Waals surface area contributed by atoms with Crippen LogP contribution in [-0.2, 0) is 11.3 Å². The minimum atomic E-state index is -0.0564. The highest BCUT2D eigenvalue weighted by atomic mass is 35.5. The van der Waals surface area contributed by atoms with Crippen molar-refractivity contribution in [3.05, 3.63) is 130 Å². The molecule has 1 unspecified atom stereocenters. The zero-order chi connectivity index (χ0) is 40.3. The Morgan fingerprint density at radius 3 is 2.36 bits per heavy atom. The molecule has 1 amide bonds. The number of nitrogens with two attached hydrogens (primary N) is 1. The summed E-state index contributed by atoms with van der Waals surface area (Å²) in [6.45, 7) is 15.2. The Balaban J connectivity index is 0.894. The van der Waals surface area contributed by atoms with Crippen molar-refractivity contribution in [2.24, 2.45) is 11.1 Å².